The van der Waals surface area contributed by atoms with Gasteiger partial charge in [-0.2, -0.15) is 0 Å². The van der Waals surface area contributed by atoms with E-state index in [-0.39, 0.29) is 5.41 Å². The highest BCUT2D eigenvalue weighted by Crippen LogP contribution is 2.32. The van der Waals surface area contributed by atoms with Crippen molar-refractivity contribution in [1.82, 2.24) is 5.32 Å². The van der Waals surface area contributed by atoms with Crippen LogP contribution >= 0.6 is 0 Å². The van der Waals surface area contributed by atoms with Crippen molar-refractivity contribution in [1.29, 1.82) is 0 Å². The molecule has 1 N–H and O–H groups in total. The van der Waals surface area contributed by atoms with Crippen molar-refractivity contribution in [3.63, 3.8) is 0 Å². The molecule has 1 heterocycles. The van der Waals surface area contributed by atoms with Crippen LogP contribution in [0.25, 0.3) is 0 Å². The second kappa shape index (κ2) is 4.61. The van der Waals surface area contributed by atoms with E-state index in [2.05, 4.69) is 26.1 Å². The molecule has 0 unspecified atom stereocenters. The predicted octanol–water partition coefficient (Wildman–Crippen LogP) is 2.88. The van der Waals surface area contributed by atoms with E-state index in [0.29, 0.717) is 5.78 Å². The van der Waals surface area contributed by atoms with E-state index >= 15 is 0 Å². The second-order valence-corrected chi connectivity index (χ2v) is 5.44. The molecule has 2 heteroatoms. The molecule has 0 saturated carbocycles. The molecule has 2 nitrogen and oxygen atoms in total. The topological polar surface area (TPSA) is 29.1 Å². The van der Waals surface area contributed by atoms with Gasteiger partial charge in [0.05, 0.1) is 0 Å². The summed E-state index contributed by atoms with van der Waals surface area (Å²) in [4.78, 5) is 12.6. The molecule has 0 amide bonds. The highest BCUT2D eigenvalue weighted by Gasteiger charge is 2.34. The average molecular weight is 231 g/mol. The summed E-state index contributed by atoms with van der Waals surface area (Å²) in [6, 6.07) is 6.05. The molecule has 92 valence electrons. The van der Waals surface area contributed by atoms with Crippen molar-refractivity contribution in [2.24, 2.45) is 5.41 Å². The first-order chi connectivity index (χ1) is 8.03. The number of rotatable bonds is 2. The van der Waals surface area contributed by atoms with Crippen LogP contribution < -0.4 is 5.32 Å². The molecule has 0 aromatic heterocycles. The Balaban J connectivity index is 2.26. The van der Waals surface area contributed by atoms with Gasteiger partial charge in [0.1, 0.15) is 0 Å². The van der Waals surface area contributed by atoms with Gasteiger partial charge in [0.15, 0.2) is 5.78 Å². The molecule has 1 aromatic rings. The third-order valence-corrected chi connectivity index (χ3v) is 4.02. The standard InChI is InChI=1S/C15H21NO/c1-11-4-5-13(10-12(11)2)14(17)15(3)6-8-16-9-7-15/h4-5,10,16H,6-9H2,1-3H3. The van der Waals surface area contributed by atoms with Crippen LogP contribution in [0.3, 0.4) is 0 Å². The van der Waals surface area contributed by atoms with Crippen LogP contribution in [0.1, 0.15) is 41.3 Å². The summed E-state index contributed by atoms with van der Waals surface area (Å²) in [5.41, 5.74) is 3.15. The van der Waals surface area contributed by atoms with Crippen LogP contribution in [0.5, 0.6) is 0 Å². The highest BCUT2D eigenvalue weighted by atomic mass is 16.1. The first-order valence-corrected chi connectivity index (χ1v) is 6.36. The zero-order valence-corrected chi connectivity index (χ0v) is 11.0. The summed E-state index contributed by atoms with van der Waals surface area (Å²) >= 11 is 0. The Kier molecular flexibility index (Phi) is 3.34. The Morgan fingerprint density at radius 2 is 1.82 bits per heavy atom. The van der Waals surface area contributed by atoms with Crippen molar-refractivity contribution < 1.29 is 4.79 Å². The lowest BCUT2D eigenvalue weighted by molar-refractivity contribution is 0.0762. The van der Waals surface area contributed by atoms with Gasteiger partial charge in [-0.25, -0.2) is 0 Å². The van der Waals surface area contributed by atoms with Crippen LogP contribution in [-0.4, -0.2) is 18.9 Å². The normalized spacial score (nSPS) is 19.0. The van der Waals surface area contributed by atoms with Crippen molar-refractivity contribution in [2.45, 2.75) is 33.6 Å². The Morgan fingerprint density at radius 3 is 2.41 bits per heavy atom. The largest absolute Gasteiger partial charge is 0.317 e. The molecule has 1 aliphatic rings. The van der Waals surface area contributed by atoms with Crippen LogP contribution in [0.2, 0.25) is 0 Å². The van der Waals surface area contributed by atoms with Gasteiger partial charge in [-0.05, 0) is 57.0 Å². The molecule has 0 aliphatic carbocycles. The fourth-order valence-electron chi connectivity index (χ4n) is 2.44. The monoisotopic (exact) mass is 231 g/mol. The van der Waals surface area contributed by atoms with E-state index in [1.165, 1.54) is 11.1 Å². The number of hydrogen-bond donors (Lipinski definition) is 1. The first-order valence-electron chi connectivity index (χ1n) is 6.36. The van der Waals surface area contributed by atoms with Gasteiger partial charge in [-0.3, -0.25) is 4.79 Å². The Labute approximate surface area is 103 Å². The van der Waals surface area contributed by atoms with Crippen LogP contribution in [0.15, 0.2) is 18.2 Å². The number of carbonyl (C=O) groups excluding carboxylic acids is 1. The third-order valence-electron chi connectivity index (χ3n) is 4.02. The lowest BCUT2D eigenvalue weighted by Crippen LogP contribution is -2.40. The number of hydrogen-bond acceptors (Lipinski definition) is 2. The molecular formula is C15H21NO. The van der Waals surface area contributed by atoms with Gasteiger partial charge in [0.2, 0.25) is 0 Å². The van der Waals surface area contributed by atoms with Crippen LogP contribution in [0.4, 0.5) is 0 Å². The van der Waals surface area contributed by atoms with E-state index in [1.54, 1.807) is 0 Å². The third kappa shape index (κ3) is 2.42. The van der Waals surface area contributed by atoms with Gasteiger partial charge < -0.3 is 5.32 Å². The molecule has 1 fully saturated rings. The van der Waals surface area contributed by atoms with E-state index in [0.717, 1.165) is 31.5 Å². The number of aryl methyl sites for hydroxylation is 2. The van der Waals surface area contributed by atoms with E-state index in [1.807, 2.05) is 18.2 Å². The average Bonchev–Trinajstić information content (AvgIpc) is 2.33. The van der Waals surface area contributed by atoms with Gasteiger partial charge in [-0.15, -0.1) is 0 Å². The molecule has 0 radical (unpaired) electrons. The minimum Gasteiger partial charge on any atom is -0.317 e. The summed E-state index contributed by atoms with van der Waals surface area (Å²) in [6.07, 6.45) is 1.89. The molecule has 1 saturated heterocycles. The number of carbonyl (C=O) groups is 1. The molecule has 17 heavy (non-hydrogen) atoms. The smallest absolute Gasteiger partial charge is 0.168 e. The maximum atomic E-state index is 12.6. The molecule has 1 aliphatic heterocycles. The summed E-state index contributed by atoms with van der Waals surface area (Å²) in [7, 11) is 0. The quantitative estimate of drug-likeness (QED) is 0.793. The minimum atomic E-state index is -0.174. The van der Waals surface area contributed by atoms with E-state index in [4.69, 9.17) is 0 Å². The molecule has 0 spiro atoms. The summed E-state index contributed by atoms with van der Waals surface area (Å²) < 4.78 is 0. The van der Waals surface area contributed by atoms with Gasteiger partial charge >= 0.3 is 0 Å². The predicted molar refractivity (Wildman–Crippen MR) is 70.5 cm³/mol. The SMILES string of the molecule is Cc1ccc(C(=O)C2(C)CCNCC2)cc1C. The number of ketones is 1. The van der Waals surface area contributed by atoms with Crippen molar-refractivity contribution in [3.05, 3.63) is 34.9 Å². The number of nitrogens with one attached hydrogen (secondary N) is 1. The van der Waals surface area contributed by atoms with E-state index < -0.39 is 0 Å². The molecule has 0 bridgehead atoms. The molecule has 1 aromatic carbocycles. The molecule has 2 rings (SSSR count). The van der Waals surface area contributed by atoms with Crippen LogP contribution in [0, 0.1) is 19.3 Å². The fraction of sp³-hybridized carbons (Fsp3) is 0.533. The van der Waals surface area contributed by atoms with Crippen molar-refractivity contribution in [3.8, 4) is 0 Å². The van der Waals surface area contributed by atoms with Crippen molar-refractivity contribution >= 4 is 5.78 Å². The highest BCUT2D eigenvalue weighted by molar-refractivity contribution is 6.00. The van der Waals surface area contributed by atoms with Gasteiger partial charge in [-0.1, -0.05) is 19.1 Å². The van der Waals surface area contributed by atoms with E-state index in [9.17, 15) is 4.79 Å². The first kappa shape index (κ1) is 12.3. The zero-order chi connectivity index (χ0) is 12.5. The van der Waals surface area contributed by atoms with Crippen molar-refractivity contribution in [2.75, 3.05) is 13.1 Å². The maximum Gasteiger partial charge on any atom is 0.168 e. The van der Waals surface area contributed by atoms with Gasteiger partial charge in [0, 0.05) is 11.0 Å². The lowest BCUT2D eigenvalue weighted by atomic mass is 9.75. The maximum absolute atomic E-state index is 12.6. The summed E-state index contributed by atoms with van der Waals surface area (Å²) in [5, 5.41) is 3.31. The minimum absolute atomic E-state index is 0.174. The Bertz CT molecular complexity index is 431. The Hall–Kier alpha value is -1.15. The summed E-state index contributed by atoms with van der Waals surface area (Å²) in [5.74, 6) is 0.308. The fourth-order valence-corrected chi connectivity index (χ4v) is 2.44. The number of piperidine rings is 1. The Morgan fingerprint density at radius 1 is 1.18 bits per heavy atom. The molecule has 0 atom stereocenters. The van der Waals surface area contributed by atoms with Gasteiger partial charge in [0.25, 0.3) is 0 Å². The second-order valence-electron chi connectivity index (χ2n) is 5.44. The lowest BCUT2D eigenvalue weighted by Gasteiger charge is -2.32. The molecular weight excluding hydrogens is 210 g/mol. The zero-order valence-electron chi connectivity index (χ0n) is 11.0. The summed E-state index contributed by atoms with van der Waals surface area (Å²) in [6.45, 7) is 8.15. The van der Waals surface area contributed by atoms with Crippen LogP contribution in [-0.2, 0) is 0 Å². The number of Topliss-reactive ketones (excluding diaryl/α,β-unsaturated/α-hetero) is 1. The number of benzene rings is 1.